The Kier molecular flexibility index (Phi) is 3.05. The van der Waals surface area contributed by atoms with Crippen LogP contribution in [0.2, 0.25) is 0 Å². The molecule has 16 heavy (non-hydrogen) atoms. The lowest BCUT2D eigenvalue weighted by atomic mass is 10.2. The van der Waals surface area contributed by atoms with Gasteiger partial charge in [-0.15, -0.1) is 0 Å². The maximum absolute atomic E-state index is 12.7. The van der Waals surface area contributed by atoms with Crippen molar-refractivity contribution in [2.45, 2.75) is 6.10 Å². The minimum absolute atomic E-state index is 0.293. The summed E-state index contributed by atoms with van der Waals surface area (Å²) in [5, 5.41) is 8.84. The Labute approximate surface area is 92.2 Å². The van der Waals surface area contributed by atoms with Crippen molar-refractivity contribution in [3.05, 3.63) is 30.1 Å². The summed E-state index contributed by atoms with van der Waals surface area (Å²) in [6.45, 7) is 1.28. The number of nitrogens with zero attached hydrogens (tertiary/aromatic N) is 1. The zero-order valence-corrected chi connectivity index (χ0v) is 8.60. The van der Waals surface area contributed by atoms with E-state index in [4.69, 9.17) is 9.84 Å². The van der Waals surface area contributed by atoms with Gasteiger partial charge in [0.05, 0.1) is 13.2 Å². The third-order valence-electron chi connectivity index (χ3n) is 2.53. The van der Waals surface area contributed by atoms with Crippen molar-refractivity contribution in [3.8, 4) is 0 Å². The first-order chi connectivity index (χ1) is 7.66. The fourth-order valence-electron chi connectivity index (χ4n) is 1.69. The summed E-state index contributed by atoms with van der Waals surface area (Å²) >= 11 is 0. The molecule has 0 radical (unpaired) electrons. The van der Waals surface area contributed by atoms with E-state index in [1.165, 1.54) is 12.1 Å². The van der Waals surface area contributed by atoms with Crippen LogP contribution >= 0.6 is 0 Å². The number of anilines is 1. The fourth-order valence-corrected chi connectivity index (χ4v) is 1.69. The summed E-state index contributed by atoms with van der Waals surface area (Å²) in [5.41, 5.74) is 0.816. The van der Waals surface area contributed by atoms with Crippen molar-refractivity contribution in [1.82, 2.24) is 0 Å². The molecule has 1 aromatic rings. The second-order valence-electron chi connectivity index (χ2n) is 3.62. The Balaban J connectivity index is 2.09. The molecule has 1 aliphatic rings. The minimum atomic E-state index is -0.966. The van der Waals surface area contributed by atoms with Crippen molar-refractivity contribution in [2.75, 3.05) is 24.6 Å². The van der Waals surface area contributed by atoms with Crippen molar-refractivity contribution in [2.24, 2.45) is 0 Å². The number of aliphatic carboxylic acids is 1. The molecule has 1 heterocycles. The van der Waals surface area contributed by atoms with Crippen molar-refractivity contribution in [3.63, 3.8) is 0 Å². The van der Waals surface area contributed by atoms with Gasteiger partial charge in [-0.2, -0.15) is 0 Å². The molecule has 0 aliphatic carbocycles. The molecule has 0 unspecified atom stereocenters. The molecule has 0 amide bonds. The average Bonchev–Trinajstić information content (AvgIpc) is 2.30. The molecule has 0 saturated carbocycles. The highest BCUT2D eigenvalue weighted by atomic mass is 19.1. The van der Waals surface area contributed by atoms with E-state index in [0.717, 1.165) is 5.69 Å². The average molecular weight is 225 g/mol. The maximum Gasteiger partial charge on any atom is 0.334 e. The monoisotopic (exact) mass is 225 g/mol. The number of carbonyl (C=O) groups is 1. The van der Waals surface area contributed by atoms with Gasteiger partial charge in [0.2, 0.25) is 0 Å². The molecule has 1 aromatic carbocycles. The van der Waals surface area contributed by atoms with Crippen LogP contribution in [0.4, 0.5) is 10.1 Å². The van der Waals surface area contributed by atoms with Gasteiger partial charge in [-0.25, -0.2) is 9.18 Å². The number of rotatable bonds is 2. The van der Waals surface area contributed by atoms with Gasteiger partial charge in [0.25, 0.3) is 0 Å². The molecule has 5 heteroatoms. The predicted octanol–water partition coefficient (Wildman–Crippen LogP) is 1.12. The Morgan fingerprint density at radius 3 is 2.75 bits per heavy atom. The highest BCUT2D eigenvalue weighted by molar-refractivity contribution is 5.73. The van der Waals surface area contributed by atoms with Crippen molar-refractivity contribution in [1.29, 1.82) is 0 Å². The van der Waals surface area contributed by atoms with Gasteiger partial charge in [0.1, 0.15) is 5.82 Å². The van der Waals surface area contributed by atoms with E-state index in [-0.39, 0.29) is 5.82 Å². The topological polar surface area (TPSA) is 49.8 Å². The third-order valence-corrected chi connectivity index (χ3v) is 2.53. The first kappa shape index (κ1) is 10.9. The van der Waals surface area contributed by atoms with Gasteiger partial charge < -0.3 is 14.7 Å². The van der Waals surface area contributed by atoms with Crippen LogP contribution in [0.3, 0.4) is 0 Å². The maximum atomic E-state index is 12.7. The van der Waals surface area contributed by atoms with Gasteiger partial charge in [-0.1, -0.05) is 0 Å². The van der Waals surface area contributed by atoms with E-state index in [0.29, 0.717) is 19.7 Å². The summed E-state index contributed by atoms with van der Waals surface area (Å²) in [5.74, 6) is -1.27. The molecule has 0 spiro atoms. The Bertz CT molecular complexity index is 379. The van der Waals surface area contributed by atoms with Crippen LogP contribution < -0.4 is 4.90 Å². The molecular formula is C11H12FNO3. The third kappa shape index (κ3) is 2.30. The van der Waals surface area contributed by atoms with Crippen LogP contribution in [-0.2, 0) is 9.53 Å². The van der Waals surface area contributed by atoms with Gasteiger partial charge in [-0.3, -0.25) is 0 Å². The number of hydrogen-bond acceptors (Lipinski definition) is 3. The molecule has 86 valence electrons. The van der Waals surface area contributed by atoms with E-state index in [1.807, 2.05) is 4.90 Å². The van der Waals surface area contributed by atoms with Crippen LogP contribution in [-0.4, -0.2) is 36.9 Å². The van der Waals surface area contributed by atoms with Crippen LogP contribution in [0.25, 0.3) is 0 Å². The van der Waals surface area contributed by atoms with Crippen LogP contribution in [0.15, 0.2) is 24.3 Å². The minimum Gasteiger partial charge on any atom is -0.479 e. The summed E-state index contributed by atoms with van der Waals surface area (Å²) in [4.78, 5) is 12.7. The normalized spacial score (nSPS) is 20.8. The number of halogens is 1. The number of hydrogen-bond donors (Lipinski definition) is 1. The largest absolute Gasteiger partial charge is 0.479 e. The summed E-state index contributed by atoms with van der Waals surface area (Å²) in [6.07, 6.45) is -0.807. The summed E-state index contributed by atoms with van der Waals surface area (Å²) in [6, 6.07) is 6.00. The molecule has 0 bridgehead atoms. The molecule has 1 saturated heterocycles. The molecular weight excluding hydrogens is 213 g/mol. The van der Waals surface area contributed by atoms with E-state index < -0.39 is 12.1 Å². The molecule has 1 atom stereocenters. The lowest BCUT2D eigenvalue weighted by molar-refractivity contribution is -0.150. The van der Waals surface area contributed by atoms with Gasteiger partial charge in [-0.05, 0) is 24.3 Å². The Hall–Kier alpha value is -1.62. The second kappa shape index (κ2) is 4.49. The van der Waals surface area contributed by atoms with Crippen molar-refractivity contribution >= 4 is 11.7 Å². The zero-order valence-electron chi connectivity index (χ0n) is 8.60. The fraction of sp³-hybridized carbons (Fsp3) is 0.364. The molecule has 4 nitrogen and oxygen atoms in total. The number of carboxylic acids is 1. The number of ether oxygens (including phenoxy) is 1. The number of morpholine rings is 1. The smallest absolute Gasteiger partial charge is 0.334 e. The molecule has 0 aromatic heterocycles. The lowest BCUT2D eigenvalue weighted by Gasteiger charge is -2.32. The van der Waals surface area contributed by atoms with E-state index in [2.05, 4.69) is 0 Å². The van der Waals surface area contributed by atoms with Crippen LogP contribution in [0, 0.1) is 5.82 Å². The lowest BCUT2D eigenvalue weighted by Crippen LogP contribution is -2.46. The standard InChI is InChI=1S/C11H12FNO3/c12-8-1-3-9(4-2-8)13-5-6-16-10(7-13)11(14)15/h1-4,10H,5-7H2,(H,14,15)/t10-/m1/s1. The van der Waals surface area contributed by atoms with Crippen LogP contribution in [0.1, 0.15) is 0 Å². The molecule has 1 aliphatic heterocycles. The second-order valence-corrected chi connectivity index (χ2v) is 3.62. The highest BCUT2D eigenvalue weighted by Gasteiger charge is 2.26. The molecule has 2 rings (SSSR count). The summed E-state index contributed by atoms with van der Waals surface area (Å²) in [7, 11) is 0. The van der Waals surface area contributed by atoms with Gasteiger partial charge in [0, 0.05) is 12.2 Å². The predicted molar refractivity (Wildman–Crippen MR) is 56.0 cm³/mol. The van der Waals surface area contributed by atoms with Crippen molar-refractivity contribution < 1.29 is 19.0 Å². The van der Waals surface area contributed by atoms with E-state index in [1.54, 1.807) is 12.1 Å². The Morgan fingerprint density at radius 2 is 2.12 bits per heavy atom. The quantitative estimate of drug-likeness (QED) is 0.819. The number of benzene rings is 1. The highest BCUT2D eigenvalue weighted by Crippen LogP contribution is 2.18. The number of carboxylic acid groups (broad SMARTS) is 1. The van der Waals surface area contributed by atoms with E-state index in [9.17, 15) is 9.18 Å². The van der Waals surface area contributed by atoms with Gasteiger partial charge in [0.15, 0.2) is 6.10 Å². The summed E-state index contributed by atoms with van der Waals surface area (Å²) < 4.78 is 17.8. The van der Waals surface area contributed by atoms with Gasteiger partial charge >= 0.3 is 5.97 Å². The first-order valence-corrected chi connectivity index (χ1v) is 5.02. The first-order valence-electron chi connectivity index (χ1n) is 5.02. The Morgan fingerprint density at radius 1 is 1.44 bits per heavy atom. The van der Waals surface area contributed by atoms with Crippen LogP contribution in [0.5, 0.6) is 0 Å². The molecule has 1 N–H and O–H groups in total. The van der Waals surface area contributed by atoms with E-state index >= 15 is 0 Å². The molecule has 1 fully saturated rings. The zero-order chi connectivity index (χ0) is 11.5. The SMILES string of the molecule is O=C(O)[C@H]1CN(c2ccc(F)cc2)CCO1.